The van der Waals surface area contributed by atoms with Gasteiger partial charge in [-0.1, -0.05) is 17.7 Å². The van der Waals surface area contributed by atoms with E-state index in [2.05, 4.69) is 0 Å². The van der Waals surface area contributed by atoms with Gasteiger partial charge in [0.25, 0.3) is 0 Å². The molecule has 0 saturated carbocycles. The van der Waals surface area contributed by atoms with Crippen molar-refractivity contribution in [2.75, 3.05) is 25.0 Å². The molecule has 5 heteroatoms. The molecule has 2 rings (SSSR count). The van der Waals surface area contributed by atoms with Crippen LogP contribution in [-0.2, 0) is 9.59 Å². The monoisotopic (exact) mass is 262 g/mol. The van der Waals surface area contributed by atoms with Gasteiger partial charge in [0.15, 0.2) is 0 Å². The van der Waals surface area contributed by atoms with Gasteiger partial charge in [0.2, 0.25) is 5.91 Å². The number of likely N-dealkylation sites (N-methyl/N-ethyl adjacent to an activating group) is 1. The topological polar surface area (TPSA) is 60.9 Å². The van der Waals surface area contributed by atoms with Gasteiger partial charge in [0, 0.05) is 12.2 Å². The van der Waals surface area contributed by atoms with Crippen LogP contribution in [-0.4, -0.2) is 48.1 Å². The van der Waals surface area contributed by atoms with Crippen molar-refractivity contribution in [3.8, 4) is 0 Å². The van der Waals surface area contributed by atoms with Crippen LogP contribution < -0.4 is 4.90 Å². The Morgan fingerprint density at radius 1 is 1.37 bits per heavy atom. The Labute approximate surface area is 112 Å². The second-order valence-corrected chi connectivity index (χ2v) is 5.10. The summed E-state index contributed by atoms with van der Waals surface area (Å²) in [6, 6.07) is 4.85. The normalized spacial score (nSPS) is 20.7. The minimum atomic E-state index is -0.972. The number of nitrogens with zero attached hydrogens (tertiary/aromatic N) is 2. The summed E-state index contributed by atoms with van der Waals surface area (Å²) in [6.07, 6.45) is 0. The number of piperazine rings is 1. The highest BCUT2D eigenvalue weighted by Crippen LogP contribution is 2.26. The van der Waals surface area contributed by atoms with Crippen molar-refractivity contribution < 1.29 is 14.7 Å². The number of carbonyl (C=O) groups is 2. The first-order valence-corrected chi connectivity index (χ1v) is 6.21. The largest absolute Gasteiger partial charge is 0.480 e. The van der Waals surface area contributed by atoms with Crippen molar-refractivity contribution in [1.29, 1.82) is 0 Å². The molecule has 0 aliphatic carbocycles. The first-order chi connectivity index (χ1) is 8.90. The predicted octanol–water partition coefficient (Wildman–Crippen LogP) is 1.04. The van der Waals surface area contributed by atoms with E-state index in [-0.39, 0.29) is 12.5 Å². The molecule has 1 aromatic rings. The molecule has 1 saturated heterocycles. The van der Waals surface area contributed by atoms with Crippen molar-refractivity contribution in [2.45, 2.75) is 19.9 Å². The number of carbonyl (C=O) groups excluding carboxylic acids is 1. The Morgan fingerprint density at radius 2 is 2.05 bits per heavy atom. The lowest BCUT2D eigenvalue weighted by molar-refractivity contribution is -0.142. The van der Waals surface area contributed by atoms with E-state index in [1.807, 2.05) is 32.0 Å². The van der Waals surface area contributed by atoms with Gasteiger partial charge in [0.05, 0.1) is 6.54 Å². The summed E-state index contributed by atoms with van der Waals surface area (Å²) < 4.78 is 0. The number of carboxylic acid groups (broad SMARTS) is 1. The summed E-state index contributed by atoms with van der Waals surface area (Å²) in [6.45, 7) is 4.45. The van der Waals surface area contributed by atoms with E-state index >= 15 is 0 Å². The molecular weight excluding hydrogens is 244 g/mol. The first kappa shape index (κ1) is 13.5. The average molecular weight is 262 g/mol. The second-order valence-electron chi connectivity index (χ2n) is 5.10. The van der Waals surface area contributed by atoms with Gasteiger partial charge in [-0.25, -0.2) is 4.79 Å². The van der Waals surface area contributed by atoms with Gasteiger partial charge in [0.1, 0.15) is 6.04 Å². The highest BCUT2D eigenvalue weighted by atomic mass is 16.4. The molecule has 1 amide bonds. The summed E-state index contributed by atoms with van der Waals surface area (Å²) in [5.74, 6) is -1.15. The molecule has 19 heavy (non-hydrogen) atoms. The van der Waals surface area contributed by atoms with Gasteiger partial charge in [-0.05, 0) is 32.5 Å². The lowest BCUT2D eigenvalue weighted by Crippen LogP contribution is -2.58. The molecule has 1 fully saturated rings. The zero-order valence-corrected chi connectivity index (χ0v) is 11.4. The molecule has 1 heterocycles. The van der Waals surface area contributed by atoms with Crippen molar-refractivity contribution in [3.63, 3.8) is 0 Å². The van der Waals surface area contributed by atoms with Crippen LogP contribution in [0.5, 0.6) is 0 Å². The number of carboxylic acids is 1. The Kier molecular flexibility index (Phi) is 3.57. The van der Waals surface area contributed by atoms with Crippen molar-refractivity contribution in [3.05, 3.63) is 29.3 Å². The smallest absolute Gasteiger partial charge is 0.328 e. The SMILES string of the molecule is Cc1ccc(N2C(=O)CN(C)CC2C(=O)O)c(C)c1. The van der Waals surface area contributed by atoms with E-state index in [0.717, 1.165) is 11.1 Å². The maximum absolute atomic E-state index is 12.2. The third kappa shape index (κ3) is 2.61. The number of aryl methyl sites for hydroxylation is 2. The van der Waals surface area contributed by atoms with E-state index in [0.29, 0.717) is 12.2 Å². The Hall–Kier alpha value is -1.88. The molecule has 1 unspecified atom stereocenters. The Bertz CT molecular complexity index is 527. The summed E-state index contributed by atoms with van der Waals surface area (Å²) in [7, 11) is 1.76. The number of rotatable bonds is 2. The molecule has 5 nitrogen and oxygen atoms in total. The molecule has 0 aromatic heterocycles. The maximum Gasteiger partial charge on any atom is 0.328 e. The summed E-state index contributed by atoms with van der Waals surface area (Å²) >= 11 is 0. The van der Waals surface area contributed by atoms with Gasteiger partial charge in [-0.3, -0.25) is 14.6 Å². The van der Waals surface area contributed by atoms with E-state index in [1.54, 1.807) is 11.9 Å². The number of aliphatic carboxylic acids is 1. The van der Waals surface area contributed by atoms with Gasteiger partial charge in [-0.2, -0.15) is 0 Å². The number of hydrogen-bond donors (Lipinski definition) is 1. The number of anilines is 1. The van der Waals surface area contributed by atoms with Gasteiger partial charge >= 0.3 is 5.97 Å². The zero-order chi connectivity index (χ0) is 14.2. The molecule has 1 aliphatic heterocycles. The van der Waals surface area contributed by atoms with E-state index in [1.165, 1.54) is 4.90 Å². The van der Waals surface area contributed by atoms with Gasteiger partial charge in [-0.15, -0.1) is 0 Å². The summed E-state index contributed by atoms with van der Waals surface area (Å²) in [4.78, 5) is 26.7. The van der Waals surface area contributed by atoms with Gasteiger partial charge < -0.3 is 5.11 Å². The van der Waals surface area contributed by atoms with Crippen molar-refractivity contribution in [1.82, 2.24) is 4.90 Å². The minimum absolute atomic E-state index is 0.173. The van der Waals surface area contributed by atoms with E-state index in [4.69, 9.17) is 0 Å². The Balaban J connectivity index is 2.44. The standard InChI is InChI=1S/C14H18N2O3/c1-9-4-5-11(10(2)6-9)16-12(14(18)19)7-15(3)8-13(16)17/h4-6,12H,7-8H2,1-3H3,(H,18,19). The first-order valence-electron chi connectivity index (χ1n) is 6.21. The molecule has 0 spiro atoms. The molecule has 1 N–H and O–H groups in total. The average Bonchev–Trinajstić information content (AvgIpc) is 2.29. The molecule has 0 bridgehead atoms. The quantitative estimate of drug-likeness (QED) is 0.865. The fourth-order valence-electron chi connectivity index (χ4n) is 2.49. The fourth-order valence-corrected chi connectivity index (χ4v) is 2.49. The zero-order valence-electron chi connectivity index (χ0n) is 11.4. The molecule has 1 aliphatic rings. The summed E-state index contributed by atoms with van der Waals surface area (Å²) in [5, 5.41) is 9.33. The highest BCUT2D eigenvalue weighted by molar-refractivity contribution is 6.01. The maximum atomic E-state index is 12.2. The molecule has 0 radical (unpaired) electrons. The summed E-state index contributed by atoms with van der Waals surface area (Å²) in [5.41, 5.74) is 2.70. The molecular formula is C14H18N2O3. The van der Waals surface area contributed by atoms with Crippen LogP contribution in [0.25, 0.3) is 0 Å². The fraction of sp³-hybridized carbons (Fsp3) is 0.429. The van der Waals surface area contributed by atoms with E-state index < -0.39 is 12.0 Å². The van der Waals surface area contributed by atoms with Crippen molar-refractivity contribution in [2.24, 2.45) is 0 Å². The number of amides is 1. The van der Waals surface area contributed by atoms with Crippen LogP contribution in [0.15, 0.2) is 18.2 Å². The van der Waals surface area contributed by atoms with Crippen LogP contribution in [0.2, 0.25) is 0 Å². The lowest BCUT2D eigenvalue weighted by atomic mass is 10.1. The highest BCUT2D eigenvalue weighted by Gasteiger charge is 2.37. The third-order valence-corrected chi connectivity index (χ3v) is 3.37. The minimum Gasteiger partial charge on any atom is -0.480 e. The molecule has 1 atom stereocenters. The second kappa shape index (κ2) is 5.01. The van der Waals surface area contributed by atoms with Crippen LogP contribution in [0, 0.1) is 13.8 Å². The molecule has 102 valence electrons. The predicted molar refractivity (Wildman–Crippen MR) is 72.3 cm³/mol. The third-order valence-electron chi connectivity index (χ3n) is 3.37. The van der Waals surface area contributed by atoms with Crippen LogP contribution in [0.3, 0.4) is 0 Å². The lowest BCUT2D eigenvalue weighted by Gasteiger charge is -2.38. The van der Waals surface area contributed by atoms with Crippen LogP contribution >= 0.6 is 0 Å². The van der Waals surface area contributed by atoms with Crippen molar-refractivity contribution >= 4 is 17.6 Å². The number of benzene rings is 1. The van der Waals surface area contributed by atoms with E-state index in [9.17, 15) is 14.7 Å². The van der Waals surface area contributed by atoms with Crippen LogP contribution in [0.1, 0.15) is 11.1 Å². The molecule has 1 aromatic carbocycles. The van der Waals surface area contributed by atoms with Crippen LogP contribution in [0.4, 0.5) is 5.69 Å². The Morgan fingerprint density at radius 3 is 2.63 bits per heavy atom. The number of hydrogen-bond acceptors (Lipinski definition) is 3.